The monoisotopic (exact) mass is 268 g/mol. The van der Waals surface area contributed by atoms with E-state index in [4.69, 9.17) is 5.73 Å². The van der Waals surface area contributed by atoms with Crippen LogP contribution in [0.1, 0.15) is 58.8 Å². The fourth-order valence-electron chi connectivity index (χ4n) is 2.64. The molecule has 0 aliphatic carbocycles. The van der Waals surface area contributed by atoms with E-state index in [0.717, 1.165) is 19.5 Å². The lowest BCUT2D eigenvalue weighted by Crippen LogP contribution is -2.37. The van der Waals surface area contributed by atoms with Crippen molar-refractivity contribution in [3.05, 3.63) is 0 Å². The van der Waals surface area contributed by atoms with Gasteiger partial charge in [-0.2, -0.15) is 0 Å². The van der Waals surface area contributed by atoms with Crippen molar-refractivity contribution >= 4 is 5.96 Å². The second kappa shape index (κ2) is 10.1. The lowest BCUT2D eigenvalue weighted by Gasteiger charge is -2.24. The molecule has 1 heterocycles. The summed E-state index contributed by atoms with van der Waals surface area (Å²) in [4.78, 5) is 7.05. The minimum Gasteiger partial charge on any atom is -0.370 e. The Balaban J connectivity index is 2.17. The molecule has 1 fully saturated rings. The van der Waals surface area contributed by atoms with Crippen molar-refractivity contribution < 1.29 is 0 Å². The summed E-state index contributed by atoms with van der Waals surface area (Å²) in [5, 5.41) is 3.22. The van der Waals surface area contributed by atoms with Crippen molar-refractivity contribution in [3.63, 3.8) is 0 Å². The van der Waals surface area contributed by atoms with Crippen molar-refractivity contribution in [3.8, 4) is 0 Å². The Bertz CT molecular complexity index is 247. The van der Waals surface area contributed by atoms with Gasteiger partial charge < -0.3 is 11.1 Å². The summed E-state index contributed by atoms with van der Waals surface area (Å²) >= 11 is 0. The first-order chi connectivity index (χ1) is 9.27. The van der Waals surface area contributed by atoms with E-state index >= 15 is 0 Å². The fourth-order valence-corrected chi connectivity index (χ4v) is 2.64. The van der Waals surface area contributed by atoms with Crippen LogP contribution in [0.25, 0.3) is 0 Å². The predicted octanol–water partition coefficient (Wildman–Crippen LogP) is 2.35. The zero-order valence-electron chi connectivity index (χ0n) is 12.8. The molecule has 4 heteroatoms. The number of likely N-dealkylation sites (tertiary alicyclic amines) is 1. The van der Waals surface area contributed by atoms with Crippen LogP contribution in [0.2, 0.25) is 0 Å². The maximum atomic E-state index is 5.91. The van der Waals surface area contributed by atoms with Gasteiger partial charge in [-0.25, -0.2) is 0 Å². The number of hydrogen-bond donors (Lipinski definition) is 2. The zero-order chi connectivity index (χ0) is 13.9. The molecule has 0 aromatic rings. The summed E-state index contributed by atoms with van der Waals surface area (Å²) < 4.78 is 0. The minimum absolute atomic E-state index is 0.572. The number of aliphatic imine (C=N–C) groups is 1. The van der Waals surface area contributed by atoms with Gasteiger partial charge in [0.15, 0.2) is 5.96 Å². The second-order valence-electron chi connectivity index (χ2n) is 5.52. The highest BCUT2D eigenvalue weighted by Gasteiger charge is 2.19. The van der Waals surface area contributed by atoms with Crippen LogP contribution >= 0.6 is 0 Å². The normalized spacial score (nSPS) is 18.7. The summed E-state index contributed by atoms with van der Waals surface area (Å²) in [7, 11) is 0. The van der Waals surface area contributed by atoms with E-state index in [2.05, 4.69) is 29.1 Å². The molecule has 19 heavy (non-hydrogen) atoms. The Labute approximate surface area is 118 Å². The molecule has 112 valence electrons. The highest BCUT2D eigenvalue weighted by Crippen LogP contribution is 2.14. The fraction of sp³-hybridized carbons (Fsp3) is 0.933. The number of nitrogens with zero attached hydrogens (tertiary/aromatic N) is 2. The van der Waals surface area contributed by atoms with E-state index in [1.54, 1.807) is 0 Å². The predicted molar refractivity (Wildman–Crippen MR) is 83.5 cm³/mol. The van der Waals surface area contributed by atoms with Crippen molar-refractivity contribution in [1.29, 1.82) is 0 Å². The molecule has 1 unspecified atom stereocenters. The Morgan fingerprint density at radius 1 is 1.21 bits per heavy atom. The number of nitrogens with one attached hydrogen (secondary N) is 1. The summed E-state index contributed by atoms with van der Waals surface area (Å²) in [5.74, 6) is 0.620. The molecule has 4 nitrogen and oxygen atoms in total. The summed E-state index contributed by atoms with van der Waals surface area (Å²) in [6, 6.07) is 0.572. The van der Waals surface area contributed by atoms with Crippen molar-refractivity contribution in [1.82, 2.24) is 10.2 Å². The van der Waals surface area contributed by atoms with E-state index in [-0.39, 0.29) is 0 Å². The molecule has 1 aliphatic rings. The van der Waals surface area contributed by atoms with Crippen LogP contribution in [0.3, 0.4) is 0 Å². The zero-order valence-corrected chi connectivity index (χ0v) is 12.8. The van der Waals surface area contributed by atoms with Crippen LogP contribution < -0.4 is 11.1 Å². The third-order valence-electron chi connectivity index (χ3n) is 3.94. The molecule has 0 spiro atoms. The largest absolute Gasteiger partial charge is 0.370 e. The molecule has 0 aromatic carbocycles. The maximum absolute atomic E-state index is 5.91. The van der Waals surface area contributed by atoms with Crippen molar-refractivity contribution in [2.45, 2.75) is 64.8 Å². The number of guanidine groups is 1. The van der Waals surface area contributed by atoms with Gasteiger partial charge in [-0.05, 0) is 38.8 Å². The van der Waals surface area contributed by atoms with Crippen LogP contribution in [0, 0.1) is 0 Å². The van der Waals surface area contributed by atoms with E-state index in [1.165, 1.54) is 51.6 Å². The van der Waals surface area contributed by atoms with Gasteiger partial charge in [-0.3, -0.25) is 9.89 Å². The van der Waals surface area contributed by atoms with E-state index in [9.17, 15) is 0 Å². The topological polar surface area (TPSA) is 53.6 Å². The number of rotatable bonds is 9. The molecular formula is C15H32N4. The molecule has 1 aliphatic heterocycles. The van der Waals surface area contributed by atoms with Crippen LogP contribution in [-0.4, -0.2) is 43.1 Å². The third kappa shape index (κ3) is 6.81. The summed E-state index contributed by atoms with van der Waals surface area (Å²) in [6.07, 6.45) is 8.89. The van der Waals surface area contributed by atoms with Gasteiger partial charge >= 0.3 is 0 Å². The number of hydrogen-bond acceptors (Lipinski definition) is 2. The van der Waals surface area contributed by atoms with Crippen molar-refractivity contribution in [2.75, 3.05) is 26.2 Å². The minimum atomic E-state index is 0.572. The Hall–Kier alpha value is -0.770. The van der Waals surface area contributed by atoms with E-state index in [1.807, 2.05) is 0 Å². The van der Waals surface area contributed by atoms with Crippen LogP contribution in [-0.2, 0) is 0 Å². The van der Waals surface area contributed by atoms with Crippen LogP contribution in [0.4, 0.5) is 0 Å². The standard InChI is InChI=1S/C15H32N4/c1-3-5-6-7-10-17-15(16)18-13-14(4-2)19-11-8-9-12-19/h14H,3-13H2,1-2H3,(H3,16,17,18). The summed E-state index contributed by atoms with van der Waals surface area (Å²) in [6.45, 7) is 8.73. The first kappa shape index (κ1) is 16.3. The molecule has 0 saturated carbocycles. The van der Waals surface area contributed by atoms with E-state index in [0.29, 0.717) is 12.0 Å². The van der Waals surface area contributed by atoms with Gasteiger partial charge in [0.05, 0.1) is 6.54 Å². The Kier molecular flexibility index (Phi) is 8.63. The van der Waals surface area contributed by atoms with Gasteiger partial charge in [-0.1, -0.05) is 33.1 Å². The molecule has 0 radical (unpaired) electrons. The first-order valence-electron chi connectivity index (χ1n) is 8.05. The highest BCUT2D eigenvalue weighted by atomic mass is 15.2. The van der Waals surface area contributed by atoms with Gasteiger partial charge in [0.1, 0.15) is 0 Å². The molecular weight excluding hydrogens is 236 g/mol. The smallest absolute Gasteiger partial charge is 0.188 e. The molecule has 3 N–H and O–H groups in total. The van der Waals surface area contributed by atoms with Gasteiger partial charge in [0, 0.05) is 12.6 Å². The molecule has 0 aromatic heterocycles. The van der Waals surface area contributed by atoms with Crippen LogP contribution in [0.5, 0.6) is 0 Å². The summed E-state index contributed by atoms with van der Waals surface area (Å²) in [5.41, 5.74) is 5.91. The average molecular weight is 268 g/mol. The Morgan fingerprint density at radius 2 is 1.95 bits per heavy atom. The van der Waals surface area contributed by atoms with Gasteiger partial charge in [-0.15, -0.1) is 0 Å². The highest BCUT2D eigenvalue weighted by molar-refractivity contribution is 5.77. The van der Waals surface area contributed by atoms with Gasteiger partial charge in [0.2, 0.25) is 0 Å². The van der Waals surface area contributed by atoms with E-state index < -0.39 is 0 Å². The van der Waals surface area contributed by atoms with Crippen LogP contribution in [0.15, 0.2) is 4.99 Å². The lowest BCUT2D eigenvalue weighted by molar-refractivity contribution is 0.242. The quantitative estimate of drug-likeness (QED) is 0.383. The SMILES string of the molecule is CCCCCCNC(N)=NCC(CC)N1CCCC1. The average Bonchev–Trinajstić information content (AvgIpc) is 2.93. The molecule has 1 saturated heterocycles. The molecule has 1 rings (SSSR count). The molecule has 1 atom stereocenters. The lowest BCUT2D eigenvalue weighted by atomic mass is 10.2. The molecule has 0 bridgehead atoms. The molecule has 0 amide bonds. The van der Waals surface area contributed by atoms with Crippen molar-refractivity contribution in [2.24, 2.45) is 10.7 Å². The Morgan fingerprint density at radius 3 is 2.58 bits per heavy atom. The third-order valence-corrected chi connectivity index (χ3v) is 3.94. The first-order valence-corrected chi connectivity index (χ1v) is 8.05. The second-order valence-corrected chi connectivity index (χ2v) is 5.52. The van der Waals surface area contributed by atoms with Gasteiger partial charge in [0.25, 0.3) is 0 Å². The maximum Gasteiger partial charge on any atom is 0.188 e. The number of nitrogens with two attached hydrogens (primary N) is 1. The number of unbranched alkanes of at least 4 members (excludes halogenated alkanes) is 3.